The van der Waals surface area contributed by atoms with Crippen LogP contribution in [0.15, 0.2) is 73.8 Å². The van der Waals surface area contributed by atoms with Crippen LogP contribution in [-0.2, 0) is 15.0 Å². The summed E-state index contributed by atoms with van der Waals surface area (Å²) in [4.78, 5) is 25.6. The Labute approximate surface area is 201 Å². The number of nitrogens with one attached hydrogen (secondary N) is 3. The van der Waals surface area contributed by atoms with Crippen LogP contribution in [0.4, 0.5) is 26.0 Å². The number of hydrogen-bond acceptors (Lipinski definition) is 7. The van der Waals surface area contributed by atoms with Crippen molar-refractivity contribution in [1.82, 2.24) is 4.98 Å². The highest BCUT2D eigenvalue weighted by atomic mass is 19.3. The lowest BCUT2D eigenvalue weighted by atomic mass is 9.94. The van der Waals surface area contributed by atoms with Crippen LogP contribution in [0.2, 0.25) is 0 Å². The summed E-state index contributed by atoms with van der Waals surface area (Å²) in [5, 5.41) is 4.90. The number of amides is 1. The molecular formula is C25H25F2N5O3. The second-order valence-electron chi connectivity index (χ2n) is 7.62. The van der Waals surface area contributed by atoms with E-state index in [1.807, 2.05) is 48.5 Å². The quantitative estimate of drug-likeness (QED) is 0.181. The number of anilines is 3. The van der Waals surface area contributed by atoms with Gasteiger partial charge in [-0.2, -0.15) is 0 Å². The molecule has 0 spiro atoms. The van der Waals surface area contributed by atoms with E-state index < -0.39 is 11.6 Å². The third kappa shape index (κ3) is 5.28. The summed E-state index contributed by atoms with van der Waals surface area (Å²) in [6.07, 6.45) is -2.19. The van der Waals surface area contributed by atoms with Gasteiger partial charge in [0.1, 0.15) is 12.6 Å². The number of alkyl halides is 2. The molecule has 1 aliphatic carbocycles. The molecule has 35 heavy (non-hydrogen) atoms. The topological polar surface area (TPSA) is 118 Å². The van der Waals surface area contributed by atoms with Gasteiger partial charge in [0, 0.05) is 11.3 Å². The number of benzene rings is 2. The minimum Gasteiger partial charge on any atom is -0.413 e. The largest absolute Gasteiger partial charge is 0.494 e. The standard InChI is InChI=1S/C22H19F2N5O2.C2H4.CH2O/c23-22(24)28-17-12-14(6-9-18(17)31-22)21(10-11-21)20(30)27-19-3-1-2-16(26-19)13-4-7-15(29-25)8-5-13;2*1-2/h1-9,12,28-29H,10-11,25H2,(H,26,27,30);1-2H2;1H2. The van der Waals surface area contributed by atoms with Crippen LogP contribution in [0.1, 0.15) is 18.4 Å². The van der Waals surface area contributed by atoms with Gasteiger partial charge in [-0.05, 0) is 54.8 Å². The fourth-order valence-electron chi connectivity index (χ4n) is 3.74. The summed E-state index contributed by atoms with van der Waals surface area (Å²) in [5.41, 5.74) is 5.00. The van der Waals surface area contributed by atoms with Gasteiger partial charge in [-0.25, -0.2) is 4.98 Å². The molecule has 0 radical (unpaired) electrons. The van der Waals surface area contributed by atoms with Crippen LogP contribution in [-0.4, -0.2) is 23.9 Å². The molecule has 182 valence electrons. The first-order chi connectivity index (χ1) is 16.9. The highest BCUT2D eigenvalue weighted by Gasteiger charge is 2.52. The second-order valence-corrected chi connectivity index (χ2v) is 7.62. The fourth-order valence-corrected chi connectivity index (χ4v) is 3.74. The van der Waals surface area contributed by atoms with Crippen molar-refractivity contribution in [3.05, 3.63) is 79.4 Å². The molecule has 2 aliphatic rings. The van der Waals surface area contributed by atoms with Crippen LogP contribution in [0.25, 0.3) is 11.3 Å². The van der Waals surface area contributed by atoms with E-state index in [1.54, 1.807) is 18.2 Å². The Morgan fingerprint density at radius 2 is 1.74 bits per heavy atom. The monoisotopic (exact) mass is 481 g/mol. The van der Waals surface area contributed by atoms with Gasteiger partial charge < -0.3 is 20.3 Å². The van der Waals surface area contributed by atoms with Crippen LogP contribution < -0.4 is 26.6 Å². The maximum absolute atomic E-state index is 13.4. The summed E-state index contributed by atoms with van der Waals surface area (Å²) >= 11 is 0. The molecule has 0 saturated heterocycles. The van der Waals surface area contributed by atoms with E-state index in [0.717, 1.165) is 11.3 Å². The van der Waals surface area contributed by atoms with Crippen molar-refractivity contribution in [1.29, 1.82) is 0 Å². The van der Waals surface area contributed by atoms with Gasteiger partial charge in [0.2, 0.25) is 5.91 Å². The van der Waals surface area contributed by atoms with Crippen molar-refractivity contribution in [2.75, 3.05) is 16.1 Å². The lowest BCUT2D eigenvalue weighted by Gasteiger charge is -2.16. The van der Waals surface area contributed by atoms with Crippen molar-refractivity contribution in [3.8, 4) is 17.0 Å². The zero-order valence-corrected chi connectivity index (χ0v) is 18.8. The molecular weight excluding hydrogens is 456 g/mol. The van der Waals surface area contributed by atoms with Crippen molar-refractivity contribution < 1.29 is 23.1 Å². The molecule has 0 bridgehead atoms. The minimum atomic E-state index is -3.44. The molecule has 2 heterocycles. The van der Waals surface area contributed by atoms with Crippen molar-refractivity contribution in [3.63, 3.8) is 0 Å². The van der Waals surface area contributed by atoms with Gasteiger partial charge in [-0.15, -0.1) is 21.9 Å². The molecule has 1 saturated carbocycles. The van der Waals surface area contributed by atoms with Gasteiger partial charge in [0.25, 0.3) is 0 Å². The van der Waals surface area contributed by atoms with Crippen LogP contribution in [0, 0.1) is 0 Å². The number of aromatic nitrogens is 1. The summed E-state index contributed by atoms with van der Waals surface area (Å²) in [5.74, 6) is 5.66. The van der Waals surface area contributed by atoms with E-state index in [1.165, 1.54) is 6.07 Å². The van der Waals surface area contributed by atoms with Gasteiger partial charge >= 0.3 is 6.23 Å². The number of fused-ring (bicyclic) bond motifs is 1. The van der Waals surface area contributed by atoms with Gasteiger partial charge in [0.15, 0.2) is 5.75 Å². The SMILES string of the molecule is C=C.C=O.NNc1ccc(-c2cccc(NC(=O)C3(c4ccc5c(c4)NC(F)(F)O5)CC3)n2)cc1. The lowest BCUT2D eigenvalue weighted by molar-refractivity contribution is -0.138. The van der Waals surface area contributed by atoms with Gasteiger partial charge in [0.05, 0.1) is 16.8 Å². The average molecular weight is 482 g/mol. The van der Waals surface area contributed by atoms with E-state index >= 15 is 0 Å². The molecule has 1 fully saturated rings. The number of ether oxygens (including phenoxy) is 1. The van der Waals surface area contributed by atoms with E-state index in [2.05, 4.69) is 33.6 Å². The number of hydrogen-bond donors (Lipinski definition) is 4. The molecule has 1 aliphatic heterocycles. The zero-order chi connectivity index (χ0) is 25.6. The van der Waals surface area contributed by atoms with Gasteiger partial charge in [-0.1, -0.05) is 24.3 Å². The summed E-state index contributed by atoms with van der Waals surface area (Å²) < 4.78 is 31.4. The van der Waals surface area contributed by atoms with Crippen molar-refractivity contribution >= 4 is 29.9 Å². The Kier molecular flexibility index (Phi) is 7.46. The second kappa shape index (κ2) is 10.3. The Balaban J connectivity index is 0.000000815. The number of carbonyl (C=O) groups is 2. The molecule has 0 unspecified atom stereocenters. The average Bonchev–Trinajstić information content (AvgIpc) is 3.64. The third-order valence-corrected chi connectivity index (χ3v) is 5.57. The molecule has 3 aromatic rings. The van der Waals surface area contributed by atoms with Crippen LogP contribution >= 0.6 is 0 Å². The Hall–Kier alpha value is -4.31. The number of hydrazine groups is 1. The predicted molar refractivity (Wildman–Crippen MR) is 131 cm³/mol. The van der Waals surface area contributed by atoms with E-state index in [-0.39, 0.29) is 17.3 Å². The number of halogens is 2. The Morgan fingerprint density at radius 3 is 2.37 bits per heavy atom. The maximum atomic E-state index is 13.4. The molecule has 0 atom stereocenters. The highest BCUT2D eigenvalue weighted by molar-refractivity contribution is 6.01. The number of rotatable bonds is 5. The van der Waals surface area contributed by atoms with Crippen molar-refractivity contribution in [2.24, 2.45) is 5.84 Å². The summed E-state index contributed by atoms with van der Waals surface area (Å²) in [6.45, 7) is 8.00. The highest BCUT2D eigenvalue weighted by Crippen LogP contribution is 2.51. The van der Waals surface area contributed by atoms with E-state index in [0.29, 0.717) is 29.9 Å². The Bertz CT molecular complexity index is 1200. The fraction of sp³-hybridized carbons (Fsp3) is 0.160. The number of nitrogen functional groups attached to an aromatic ring is 1. The molecule has 2 aromatic carbocycles. The minimum absolute atomic E-state index is 0.0650. The number of nitrogens with zero attached hydrogens (tertiary/aromatic N) is 1. The summed E-state index contributed by atoms with van der Waals surface area (Å²) in [7, 11) is 0. The molecule has 10 heteroatoms. The normalized spacial score (nSPS) is 15.4. The zero-order valence-electron chi connectivity index (χ0n) is 18.8. The first-order valence-corrected chi connectivity index (χ1v) is 10.5. The third-order valence-electron chi connectivity index (χ3n) is 5.57. The predicted octanol–water partition coefficient (Wildman–Crippen LogP) is 4.68. The Morgan fingerprint density at radius 1 is 1.06 bits per heavy atom. The first kappa shape index (κ1) is 25.3. The van der Waals surface area contributed by atoms with E-state index in [4.69, 9.17) is 10.6 Å². The first-order valence-electron chi connectivity index (χ1n) is 10.5. The van der Waals surface area contributed by atoms with Crippen LogP contribution in [0.5, 0.6) is 5.75 Å². The van der Waals surface area contributed by atoms with Crippen LogP contribution in [0.3, 0.4) is 0 Å². The molecule has 1 aromatic heterocycles. The molecule has 5 rings (SSSR count). The number of carbonyl (C=O) groups excluding carboxylic acids is 2. The number of pyridine rings is 1. The lowest BCUT2D eigenvalue weighted by Crippen LogP contribution is -2.29. The molecule has 5 N–H and O–H groups in total. The number of nitrogens with two attached hydrogens (primary N) is 1. The van der Waals surface area contributed by atoms with Gasteiger partial charge in [-0.3, -0.25) is 16.0 Å². The maximum Gasteiger partial charge on any atom is 0.494 e. The summed E-state index contributed by atoms with van der Waals surface area (Å²) in [6, 6.07) is 17.5. The van der Waals surface area contributed by atoms with Crippen molar-refractivity contribution in [2.45, 2.75) is 24.5 Å². The molecule has 1 amide bonds. The molecule has 8 nitrogen and oxygen atoms in total. The smallest absolute Gasteiger partial charge is 0.413 e. The van der Waals surface area contributed by atoms with E-state index in [9.17, 15) is 13.6 Å².